The third kappa shape index (κ3) is 3.27. The van der Waals surface area contributed by atoms with Crippen LogP contribution >= 0.6 is 11.3 Å². The summed E-state index contributed by atoms with van der Waals surface area (Å²) in [6.07, 6.45) is 1.96. The van der Waals surface area contributed by atoms with Crippen molar-refractivity contribution in [3.8, 4) is 0 Å². The first kappa shape index (κ1) is 15.0. The van der Waals surface area contributed by atoms with Gasteiger partial charge in [0.2, 0.25) is 0 Å². The molecule has 22 heavy (non-hydrogen) atoms. The van der Waals surface area contributed by atoms with Gasteiger partial charge in [0, 0.05) is 24.8 Å². The molecule has 116 valence electrons. The molecule has 1 fully saturated rings. The lowest BCUT2D eigenvalue weighted by atomic mass is 10.0. The van der Waals surface area contributed by atoms with Gasteiger partial charge in [-0.15, -0.1) is 11.3 Å². The van der Waals surface area contributed by atoms with Crippen molar-refractivity contribution in [3.05, 3.63) is 46.2 Å². The van der Waals surface area contributed by atoms with Crippen LogP contribution in [0.4, 0.5) is 10.1 Å². The molecule has 2 aromatic rings. The minimum absolute atomic E-state index is 0.0607. The summed E-state index contributed by atoms with van der Waals surface area (Å²) in [5.74, 6) is -0.183. The van der Waals surface area contributed by atoms with Crippen molar-refractivity contribution in [1.29, 1.82) is 0 Å². The summed E-state index contributed by atoms with van der Waals surface area (Å²) in [6.45, 7) is 3.30. The van der Waals surface area contributed by atoms with Crippen molar-refractivity contribution >= 4 is 22.9 Å². The molecule has 6 heteroatoms. The topological polar surface area (TPSA) is 45.2 Å². The van der Waals surface area contributed by atoms with E-state index in [0.717, 1.165) is 35.6 Å². The molecule has 1 aliphatic heterocycles. The largest absolute Gasteiger partial charge is 0.381 e. The number of anilines is 1. The Bertz CT molecular complexity index is 656. The van der Waals surface area contributed by atoms with E-state index in [1.54, 1.807) is 17.6 Å². The van der Waals surface area contributed by atoms with Crippen LogP contribution in [0.5, 0.6) is 0 Å². The van der Waals surface area contributed by atoms with E-state index in [2.05, 4.69) is 10.3 Å². The highest BCUT2D eigenvalue weighted by atomic mass is 32.1. The van der Waals surface area contributed by atoms with Gasteiger partial charge in [-0.25, -0.2) is 9.37 Å². The first-order valence-electron chi connectivity index (χ1n) is 7.35. The van der Waals surface area contributed by atoms with E-state index in [4.69, 9.17) is 0 Å². The number of nitrogens with one attached hydrogen (secondary N) is 1. The van der Waals surface area contributed by atoms with E-state index in [1.807, 2.05) is 11.8 Å². The van der Waals surface area contributed by atoms with Crippen LogP contribution in [0.2, 0.25) is 0 Å². The molecule has 1 aromatic carbocycles. The van der Waals surface area contributed by atoms with Gasteiger partial charge in [0.25, 0.3) is 5.91 Å². The normalized spacial score (nSPS) is 18.3. The molecule has 1 aliphatic rings. The molecule has 1 aromatic heterocycles. The van der Waals surface area contributed by atoms with E-state index in [9.17, 15) is 9.18 Å². The average Bonchev–Trinajstić information content (AvgIpc) is 2.95. The number of carbonyl (C=O) groups excluding carboxylic acids is 1. The number of benzene rings is 1. The maximum atomic E-state index is 12.9. The highest BCUT2D eigenvalue weighted by Gasteiger charge is 2.26. The third-order valence-corrected chi connectivity index (χ3v) is 4.78. The van der Waals surface area contributed by atoms with Crippen LogP contribution in [0.1, 0.15) is 28.2 Å². The summed E-state index contributed by atoms with van der Waals surface area (Å²) in [4.78, 5) is 19.3. The molecular formula is C16H18FN3OS. The predicted molar refractivity (Wildman–Crippen MR) is 85.8 cm³/mol. The van der Waals surface area contributed by atoms with Crippen LogP contribution in [0.3, 0.4) is 0 Å². The second-order valence-electron chi connectivity index (χ2n) is 5.51. The lowest BCUT2D eigenvalue weighted by Gasteiger charge is -2.33. The molecule has 1 amide bonds. The summed E-state index contributed by atoms with van der Waals surface area (Å²) in [5.41, 5.74) is 3.39. The van der Waals surface area contributed by atoms with Gasteiger partial charge >= 0.3 is 0 Å². The number of amides is 1. The summed E-state index contributed by atoms with van der Waals surface area (Å²) in [5, 5.41) is 3.38. The number of aryl methyl sites for hydroxylation is 1. The monoisotopic (exact) mass is 319 g/mol. The van der Waals surface area contributed by atoms with Crippen LogP contribution in [-0.4, -0.2) is 34.9 Å². The number of halogens is 1. The Kier molecular flexibility index (Phi) is 4.38. The maximum absolute atomic E-state index is 12.9. The molecule has 0 aliphatic carbocycles. The minimum Gasteiger partial charge on any atom is -0.381 e. The molecule has 1 saturated heterocycles. The fourth-order valence-corrected chi connectivity index (χ4v) is 3.48. The van der Waals surface area contributed by atoms with Crippen molar-refractivity contribution in [2.75, 3.05) is 18.4 Å². The van der Waals surface area contributed by atoms with E-state index in [0.29, 0.717) is 6.54 Å². The Morgan fingerprint density at radius 2 is 2.18 bits per heavy atom. The Balaban J connectivity index is 1.65. The lowest BCUT2D eigenvalue weighted by Crippen LogP contribution is -2.45. The number of nitrogens with zero attached hydrogens (tertiary/aromatic N) is 2. The zero-order valence-corrected chi connectivity index (χ0v) is 13.2. The number of carbonyl (C=O) groups is 1. The molecule has 1 atom stereocenters. The van der Waals surface area contributed by atoms with Gasteiger partial charge < -0.3 is 10.2 Å². The molecule has 0 bridgehead atoms. The Morgan fingerprint density at radius 1 is 1.41 bits per heavy atom. The molecular weight excluding hydrogens is 301 g/mol. The molecule has 1 N–H and O–H groups in total. The van der Waals surface area contributed by atoms with Gasteiger partial charge in [-0.1, -0.05) is 0 Å². The fourth-order valence-electron chi connectivity index (χ4n) is 2.71. The SMILES string of the molecule is Cc1ncsc1C(=O)N1CCCC(Nc2ccc(F)cc2)C1. The quantitative estimate of drug-likeness (QED) is 0.944. The Hall–Kier alpha value is -1.95. The van der Waals surface area contributed by atoms with Crippen LogP contribution < -0.4 is 5.32 Å². The molecule has 1 unspecified atom stereocenters. The number of aromatic nitrogens is 1. The molecule has 0 radical (unpaired) electrons. The molecule has 2 heterocycles. The van der Waals surface area contributed by atoms with Crippen molar-refractivity contribution in [1.82, 2.24) is 9.88 Å². The molecule has 4 nitrogen and oxygen atoms in total. The number of piperidine rings is 1. The fraction of sp³-hybridized carbons (Fsp3) is 0.375. The van der Waals surface area contributed by atoms with Crippen LogP contribution in [0, 0.1) is 12.7 Å². The van der Waals surface area contributed by atoms with E-state index >= 15 is 0 Å². The second-order valence-corrected chi connectivity index (χ2v) is 6.36. The third-order valence-electron chi connectivity index (χ3n) is 3.86. The van der Waals surface area contributed by atoms with Gasteiger partial charge in [0.1, 0.15) is 10.7 Å². The van der Waals surface area contributed by atoms with Crippen molar-refractivity contribution in [3.63, 3.8) is 0 Å². The Morgan fingerprint density at radius 3 is 2.86 bits per heavy atom. The predicted octanol–water partition coefficient (Wildman–Crippen LogP) is 3.31. The van der Waals surface area contributed by atoms with Gasteiger partial charge in [0.15, 0.2) is 0 Å². The number of hydrogen-bond acceptors (Lipinski definition) is 4. The average molecular weight is 319 g/mol. The standard InChI is InChI=1S/C16H18FN3OS/c1-11-15(22-10-18-11)16(21)20-8-2-3-14(9-20)19-13-6-4-12(17)5-7-13/h4-7,10,14,19H,2-3,8-9H2,1H3. The van der Waals surface area contributed by atoms with Gasteiger partial charge in [-0.2, -0.15) is 0 Å². The number of likely N-dealkylation sites (tertiary alicyclic amines) is 1. The number of rotatable bonds is 3. The number of thiazole rings is 1. The summed E-state index contributed by atoms with van der Waals surface area (Å²) >= 11 is 1.39. The molecule has 3 rings (SSSR count). The smallest absolute Gasteiger partial charge is 0.265 e. The van der Waals surface area contributed by atoms with Gasteiger partial charge in [0.05, 0.1) is 11.2 Å². The van der Waals surface area contributed by atoms with Crippen LogP contribution in [-0.2, 0) is 0 Å². The van der Waals surface area contributed by atoms with Crippen molar-refractivity contribution in [2.45, 2.75) is 25.8 Å². The lowest BCUT2D eigenvalue weighted by molar-refractivity contribution is 0.0719. The van der Waals surface area contributed by atoms with Crippen molar-refractivity contribution in [2.24, 2.45) is 0 Å². The zero-order chi connectivity index (χ0) is 15.5. The maximum Gasteiger partial charge on any atom is 0.265 e. The summed E-state index contributed by atoms with van der Waals surface area (Å²) in [7, 11) is 0. The van der Waals surface area contributed by atoms with Crippen molar-refractivity contribution < 1.29 is 9.18 Å². The van der Waals surface area contributed by atoms with Gasteiger partial charge in [-0.05, 0) is 44.0 Å². The zero-order valence-electron chi connectivity index (χ0n) is 12.4. The van der Waals surface area contributed by atoms with Crippen LogP contribution in [0.15, 0.2) is 29.8 Å². The van der Waals surface area contributed by atoms with Gasteiger partial charge in [-0.3, -0.25) is 4.79 Å². The highest BCUT2D eigenvalue weighted by molar-refractivity contribution is 7.11. The highest BCUT2D eigenvalue weighted by Crippen LogP contribution is 2.21. The van der Waals surface area contributed by atoms with Crippen LogP contribution in [0.25, 0.3) is 0 Å². The van der Waals surface area contributed by atoms with E-state index in [1.165, 1.54) is 23.5 Å². The molecule has 0 saturated carbocycles. The Labute approximate surface area is 133 Å². The first-order valence-corrected chi connectivity index (χ1v) is 8.23. The first-order chi connectivity index (χ1) is 10.6. The molecule has 0 spiro atoms. The minimum atomic E-state index is -0.244. The second kappa shape index (κ2) is 6.44. The number of hydrogen-bond donors (Lipinski definition) is 1. The summed E-state index contributed by atoms with van der Waals surface area (Å²) < 4.78 is 12.9. The summed E-state index contributed by atoms with van der Waals surface area (Å²) in [6, 6.07) is 6.52. The van der Waals surface area contributed by atoms with E-state index in [-0.39, 0.29) is 17.8 Å². The van der Waals surface area contributed by atoms with E-state index < -0.39 is 0 Å².